The number of esters is 1. The molecule has 0 spiro atoms. The minimum Gasteiger partial charge on any atom is -0.464 e. The zero-order valence-corrected chi connectivity index (χ0v) is 12.2. The topological polar surface area (TPSA) is 42.4 Å². The molecule has 2 rings (SSSR count). The Kier molecular flexibility index (Phi) is 4.21. The third-order valence-electron chi connectivity index (χ3n) is 2.24. The van der Waals surface area contributed by atoms with Crippen LogP contribution < -0.4 is 4.90 Å². The predicted octanol–water partition coefficient (Wildman–Crippen LogP) is 3.28. The minimum atomic E-state index is -0.412. The summed E-state index contributed by atoms with van der Waals surface area (Å²) in [7, 11) is 3.27. The van der Waals surface area contributed by atoms with E-state index in [1.54, 1.807) is 5.38 Å². The highest BCUT2D eigenvalue weighted by molar-refractivity contribution is 7.16. The van der Waals surface area contributed by atoms with Crippen LogP contribution in [0.3, 0.4) is 0 Å². The van der Waals surface area contributed by atoms with Crippen LogP contribution in [0.2, 0.25) is 4.34 Å². The van der Waals surface area contributed by atoms with Gasteiger partial charge in [0, 0.05) is 17.3 Å². The van der Waals surface area contributed by atoms with E-state index in [-0.39, 0.29) is 0 Å². The van der Waals surface area contributed by atoms with Gasteiger partial charge in [0.25, 0.3) is 0 Å². The zero-order chi connectivity index (χ0) is 13.1. The van der Waals surface area contributed by atoms with Crippen molar-refractivity contribution in [3.05, 3.63) is 32.4 Å². The van der Waals surface area contributed by atoms with Gasteiger partial charge in [0.1, 0.15) is 0 Å². The number of aromatic nitrogens is 1. The molecule has 96 valence electrons. The fourth-order valence-corrected chi connectivity index (χ4v) is 3.28. The molecular weight excluding hydrogens is 292 g/mol. The molecular formula is C11H11ClN2O2S2. The molecule has 0 aliphatic carbocycles. The summed E-state index contributed by atoms with van der Waals surface area (Å²) in [5.41, 5.74) is 0.341. The van der Waals surface area contributed by atoms with Crippen molar-refractivity contribution < 1.29 is 9.53 Å². The van der Waals surface area contributed by atoms with E-state index in [0.717, 1.165) is 14.3 Å². The van der Waals surface area contributed by atoms with Gasteiger partial charge in [-0.1, -0.05) is 11.6 Å². The molecule has 0 atom stereocenters. The fourth-order valence-electron chi connectivity index (χ4n) is 1.38. The van der Waals surface area contributed by atoms with Crippen LogP contribution >= 0.6 is 34.3 Å². The maximum atomic E-state index is 11.3. The first-order chi connectivity index (χ1) is 8.60. The standard InChI is InChI=1S/C11H11ClN2O2S2/c1-14(5-7-3-4-9(12)18-7)11-13-8(6-17-11)10(15)16-2/h3-4,6H,5H2,1-2H3. The van der Waals surface area contributed by atoms with Gasteiger partial charge in [0.15, 0.2) is 10.8 Å². The second-order valence-corrected chi connectivity index (χ2v) is 6.20. The number of anilines is 1. The number of nitrogens with zero attached hydrogens (tertiary/aromatic N) is 2. The average molecular weight is 303 g/mol. The molecule has 0 saturated carbocycles. The predicted molar refractivity (Wildman–Crippen MR) is 74.9 cm³/mol. The van der Waals surface area contributed by atoms with Gasteiger partial charge in [0.2, 0.25) is 0 Å². The van der Waals surface area contributed by atoms with E-state index < -0.39 is 5.97 Å². The van der Waals surface area contributed by atoms with Crippen molar-refractivity contribution in [1.82, 2.24) is 4.98 Å². The molecule has 0 saturated heterocycles. The fraction of sp³-hybridized carbons (Fsp3) is 0.273. The number of hydrogen-bond acceptors (Lipinski definition) is 6. The maximum Gasteiger partial charge on any atom is 0.357 e. The van der Waals surface area contributed by atoms with Crippen molar-refractivity contribution >= 4 is 45.4 Å². The van der Waals surface area contributed by atoms with Gasteiger partial charge in [-0.15, -0.1) is 22.7 Å². The van der Waals surface area contributed by atoms with Crippen LogP contribution in [0.4, 0.5) is 5.13 Å². The molecule has 2 aromatic heterocycles. The highest BCUT2D eigenvalue weighted by atomic mass is 35.5. The Balaban J connectivity index is 2.07. The number of carbonyl (C=O) groups excluding carboxylic acids is 1. The number of carbonyl (C=O) groups is 1. The lowest BCUT2D eigenvalue weighted by atomic mass is 10.4. The molecule has 0 aliphatic rings. The molecule has 2 heterocycles. The van der Waals surface area contributed by atoms with E-state index in [1.165, 1.54) is 29.8 Å². The molecule has 2 aromatic rings. The Hall–Kier alpha value is -1.11. The number of hydrogen-bond donors (Lipinski definition) is 0. The summed E-state index contributed by atoms with van der Waals surface area (Å²) in [5.74, 6) is -0.412. The largest absolute Gasteiger partial charge is 0.464 e. The van der Waals surface area contributed by atoms with Crippen molar-refractivity contribution in [3.8, 4) is 0 Å². The van der Waals surface area contributed by atoms with Gasteiger partial charge in [-0.3, -0.25) is 0 Å². The van der Waals surface area contributed by atoms with Crippen molar-refractivity contribution in [3.63, 3.8) is 0 Å². The van der Waals surface area contributed by atoms with Crippen LogP contribution in [0.5, 0.6) is 0 Å². The van der Waals surface area contributed by atoms with Crippen LogP contribution in [0.25, 0.3) is 0 Å². The molecule has 0 aromatic carbocycles. The molecule has 0 amide bonds. The van der Waals surface area contributed by atoms with Gasteiger partial charge in [-0.25, -0.2) is 9.78 Å². The summed E-state index contributed by atoms with van der Waals surface area (Å²) in [6.45, 7) is 0.714. The van der Waals surface area contributed by atoms with Crippen LogP contribution in [0.15, 0.2) is 17.5 Å². The smallest absolute Gasteiger partial charge is 0.357 e. The van der Waals surface area contributed by atoms with E-state index in [1.807, 2.05) is 24.1 Å². The minimum absolute atomic E-state index is 0.341. The van der Waals surface area contributed by atoms with Crippen molar-refractivity contribution in [2.24, 2.45) is 0 Å². The second kappa shape index (κ2) is 5.69. The van der Waals surface area contributed by atoms with Crippen molar-refractivity contribution in [2.45, 2.75) is 6.54 Å². The Morgan fingerprint density at radius 3 is 2.94 bits per heavy atom. The van der Waals surface area contributed by atoms with Crippen LogP contribution in [-0.2, 0) is 11.3 Å². The second-order valence-electron chi connectivity index (χ2n) is 3.57. The lowest BCUT2D eigenvalue weighted by Gasteiger charge is -2.13. The van der Waals surface area contributed by atoms with E-state index in [4.69, 9.17) is 11.6 Å². The van der Waals surface area contributed by atoms with Crippen LogP contribution in [-0.4, -0.2) is 25.1 Å². The first-order valence-electron chi connectivity index (χ1n) is 5.09. The normalized spacial score (nSPS) is 10.4. The van der Waals surface area contributed by atoms with E-state index in [2.05, 4.69) is 9.72 Å². The SMILES string of the molecule is COC(=O)c1csc(N(C)Cc2ccc(Cl)s2)n1. The van der Waals surface area contributed by atoms with Crippen molar-refractivity contribution in [1.29, 1.82) is 0 Å². The number of methoxy groups -OCH3 is 1. The molecule has 18 heavy (non-hydrogen) atoms. The monoisotopic (exact) mass is 302 g/mol. The third kappa shape index (κ3) is 3.01. The summed E-state index contributed by atoms with van der Waals surface area (Å²) < 4.78 is 5.39. The number of thiophene rings is 1. The summed E-state index contributed by atoms with van der Waals surface area (Å²) in [6, 6.07) is 3.86. The number of halogens is 1. The van der Waals surface area contributed by atoms with Crippen LogP contribution in [0.1, 0.15) is 15.4 Å². The highest BCUT2D eigenvalue weighted by Gasteiger charge is 2.13. The molecule has 7 heteroatoms. The quantitative estimate of drug-likeness (QED) is 0.813. The summed E-state index contributed by atoms with van der Waals surface area (Å²) in [6.07, 6.45) is 0. The Morgan fingerprint density at radius 2 is 2.33 bits per heavy atom. The summed E-state index contributed by atoms with van der Waals surface area (Å²) in [5, 5.41) is 2.47. The first kappa shape index (κ1) is 13.3. The summed E-state index contributed by atoms with van der Waals surface area (Å²) in [4.78, 5) is 18.6. The Labute approximate surface area is 118 Å². The molecule has 0 radical (unpaired) electrons. The van der Waals surface area contributed by atoms with Gasteiger partial charge >= 0.3 is 5.97 Å². The first-order valence-corrected chi connectivity index (χ1v) is 7.16. The number of thiazole rings is 1. The average Bonchev–Trinajstić information content (AvgIpc) is 2.97. The number of ether oxygens (including phenoxy) is 1. The lowest BCUT2D eigenvalue weighted by molar-refractivity contribution is 0.0595. The Bertz CT molecular complexity index is 553. The molecule has 0 fully saturated rings. The zero-order valence-electron chi connectivity index (χ0n) is 9.84. The highest BCUT2D eigenvalue weighted by Crippen LogP contribution is 2.26. The lowest BCUT2D eigenvalue weighted by Crippen LogP contribution is -2.15. The van der Waals surface area contributed by atoms with Gasteiger partial charge in [0.05, 0.1) is 18.0 Å². The number of rotatable bonds is 4. The van der Waals surface area contributed by atoms with Gasteiger partial charge < -0.3 is 9.64 Å². The van der Waals surface area contributed by atoms with Gasteiger partial charge in [-0.2, -0.15) is 0 Å². The third-order valence-corrected chi connectivity index (χ3v) is 4.41. The Morgan fingerprint density at radius 1 is 1.56 bits per heavy atom. The van der Waals surface area contributed by atoms with Crippen molar-refractivity contribution in [2.75, 3.05) is 19.1 Å². The molecule has 4 nitrogen and oxygen atoms in total. The summed E-state index contributed by atoms with van der Waals surface area (Å²) >= 11 is 8.83. The molecule has 0 bridgehead atoms. The van der Waals surface area contributed by atoms with Gasteiger partial charge in [-0.05, 0) is 12.1 Å². The molecule has 0 aliphatic heterocycles. The van der Waals surface area contributed by atoms with E-state index in [9.17, 15) is 4.79 Å². The van der Waals surface area contributed by atoms with E-state index >= 15 is 0 Å². The molecule has 0 unspecified atom stereocenters. The maximum absolute atomic E-state index is 11.3. The van der Waals surface area contributed by atoms with Crippen LogP contribution in [0, 0.1) is 0 Å². The molecule has 0 N–H and O–H groups in total. The van der Waals surface area contributed by atoms with E-state index in [0.29, 0.717) is 12.2 Å².